The van der Waals surface area contributed by atoms with Crippen molar-refractivity contribution in [2.24, 2.45) is 0 Å². The number of imidazole rings is 1. The molecule has 2 aromatic carbocycles. The molecule has 4 rings (SSSR count). The quantitative estimate of drug-likeness (QED) is 0.419. The number of benzene rings is 2. The van der Waals surface area contributed by atoms with E-state index in [1.807, 2.05) is 12.3 Å². The molecule has 2 aromatic heterocycles. The third-order valence-corrected chi connectivity index (χ3v) is 5.28. The highest BCUT2D eigenvalue weighted by Crippen LogP contribution is 2.17. The molecule has 0 saturated heterocycles. The number of carbonyl (C=O) groups excluding carboxylic acids is 1. The van der Waals surface area contributed by atoms with Crippen LogP contribution in [-0.4, -0.2) is 20.4 Å². The van der Waals surface area contributed by atoms with E-state index >= 15 is 0 Å². The standard InChI is InChI=1S/C25H24FN3O2/c1-18-5-6-19(2)21(14-18)15-28-12-11-27-24(28)17-29(16-23-4-3-13-31-23)25(30)20-7-9-22(26)10-8-20/h3-14H,15-17H2,1-2H3. The van der Waals surface area contributed by atoms with Crippen LogP contribution in [0, 0.1) is 19.7 Å². The van der Waals surface area contributed by atoms with Gasteiger partial charge < -0.3 is 13.9 Å². The largest absolute Gasteiger partial charge is 0.467 e. The van der Waals surface area contributed by atoms with Gasteiger partial charge in [0.1, 0.15) is 17.4 Å². The molecular weight excluding hydrogens is 393 g/mol. The molecule has 0 radical (unpaired) electrons. The lowest BCUT2D eigenvalue weighted by molar-refractivity contribution is 0.0711. The Hall–Kier alpha value is -3.67. The number of hydrogen-bond donors (Lipinski definition) is 0. The summed E-state index contributed by atoms with van der Waals surface area (Å²) in [4.78, 5) is 19.4. The predicted octanol–water partition coefficient (Wildman–Crippen LogP) is 5.12. The van der Waals surface area contributed by atoms with Crippen LogP contribution in [0.15, 0.2) is 77.7 Å². The van der Waals surface area contributed by atoms with Crippen LogP contribution in [0.25, 0.3) is 0 Å². The van der Waals surface area contributed by atoms with Crippen LogP contribution < -0.4 is 0 Å². The van der Waals surface area contributed by atoms with Crippen LogP contribution >= 0.6 is 0 Å². The number of aromatic nitrogens is 2. The van der Waals surface area contributed by atoms with E-state index in [9.17, 15) is 9.18 Å². The molecule has 158 valence electrons. The van der Waals surface area contributed by atoms with Crippen molar-refractivity contribution < 1.29 is 13.6 Å². The maximum absolute atomic E-state index is 13.3. The normalized spacial score (nSPS) is 10.9. The van der Waals surface area contributed by atoms with Crippen molar-refractivity contribution in [2.45, 2.75) is 33.5 Å². The fraction of sp³-hybridized carbons (Fsp3) is 0.200. The van der Waals surface area contributed by atoms with Gasteiger partial charge in [-0.25, -0.2) is 9.37 Å². The second kappa shape index (κ2) is 9.00. The molecular formula is C25H24FN3O2. The molecule has 2 heterocycles. The minimum atomic E-state index is -0.377. The molecule has 31 heavy (non-hydrogen) atoms. The highest BCUT2D eigenvalue weighted by Gasteiger charge is 2.20. The number of nitrogens with zero attached hydrogens (tertiary/aromatic N) is 3. The lowest BCUT2D eigenvalue weighted by Crippen LogP contribution is -2.31. The van der Waals surface area contributed by atoms with Crippen LogP contribution in [-0.2, 0) is 19.6 Å². The Bertz CT molecular complexity index is 1160. The maximum Gasteiger partial charge on any atom is 0.254 e. The van der Waals surface area contributed by atoms with E-state index in [1.165, 1.54) is 41.0 Å². The van der Waals surface area contributed by atoms with E-state index in [0.29, 0.717) is 31.0 Å². The number of halogens is 1. The lowest BCUT2D eigenvalue weighted by Gasteiger charge is -2.22. The fourth-order valence-corrected chi connectivity index (χ4v) is 3.53. The number of carbonyl (C=O) groups is 1. The first-order chi connectivity index (χ1) is 15.0. The van der Waals surface area contributed by atoms with Crippen LogP contribution in [0.2, 0.25) is 0 Å². The monoisotopic (exact) mass is 417 g/mol. The molecule has 0 N–H and O–H groups in total. The van der Waals surface area contributed by atoms with Crippen LogP contribution in [0.1, 0.15) is 38.6 Å². The molecule has 1 amide bonds. The Balaban J connectivity index is 1.60. The van der Waals surface area contributed by atoms with E-state index in [2.05, 4.69) is 41.6 Å². The molecule has 0 aliphatic heterocycles. The summed E-state index contributed by atoms with van der Waals surface area (Å²) in [5.74, 6) is 0.849. The Kier molecular flexibility index (Phi) is 5.98. The summed E-state index contributed by atoms with van der Waals surface area (Å²) in [6.45, 7) is 5.42. The molecule has 0 aliphatic carbocycles. The SMILES string of the molecule is Cc1ccc(C)c(Cn2ccnc2CN(Cc2ccco2)C(=O)c2ccc(F)cc2)c1. The van der Waals surface area contributed by atoms with E-state index in [4.69, 9.17) is 4.42 Å². The molecule has 0 aliphatic rings. The number of rotatable bonds is 7. The van der Waals surface area contributed by atoms with Gasteiger partial charge in [0.25, 0.3) is 5.91 Å². The van der Waals surface area contributed by atoms with Crippen molar-refractivity contribution in [3.63, 3.8) is 0 Å². The Morgan fingerprint density at radius 1 is 1.10 bits per heavy atom. The number of hydrogen-bond acceptors (Lipinski definition) is 3. The summed E-state index contributed by atoms with van der Waals surface area (Å²) in [6, 6.07) is 15.6. The Labute approximate surface area is 180 Å². The Morgan fingerprint density at radius 3 is 2.65 bits per heavy atom. The highest BCUT2D eigenvalue weighted by molar-refractivity contribution is 5.94. The summed E-state index contributed by atoms with van der Waals surface area (Å²) >= 11 is 0. The van der Waals surface area contributed by atoms with Gasteiger partial charge in [-0.15, -0.1) is 0 Å². The zero-order valence-electron chi connectivity index (χ0n) is 17.6. The van der Waals surface area contributed by atoms with Gasteiger partial charge in [-0.05, 0) is 61.4 Å². The van der Waals surface area contributed by atoms with E-state index in [-0.39, 0.29) is 11.7 Å². The molecule has 0 atom stereocenters. The topological polar surface area (TPSA) is 51.3 Å². The molecule has 4 aromatic rings. The summed E-state index contributed by atoms with van der Waals surface area (Å²) in [5, 5.41) is 0. The average Bonchev–Trinajstić information content (AvgIpc) is 3.43. The van der Waals surface area contributed by atoms with Gasteiger partial charge >= 0.3 is 0 Å². The third kappa shape index (κ3) is 4.91. The van der Waals surface area contributed by atoms with Crippen molar-refractivity contribution in [3.8, 4) is 0 Å². The average molecular weight is 417 g/mol. The smallest absolute Gasteiger partial charge is 0.254 e. The van der Waals surface area contributed by atoms with Crippen molar-refractivity contribution in [1.29, 1.82) is 0 Å². The van der Waals surface area contributed by atoms with Crippen LogP contribution in [0.4, 0.5) is 4.39 Å². The first kappa shape index (κ1) is 20.6. The van der Waals surface area contributed by atoms with Gasteiger partial charge in [-0.2, -0.15) is 0 Å². The van der Waals surface area contributed by atoms with Gasteiger partial charge in [0.15, 0.2) is 0 Å². The molecule has 5 nitrogen and oxygen atoms in total. The number of furan rings is 1. The van der Waals surface area contributed by atoms with Gasteiger partial charge in [0.05, 0.1) is 19.4 Å². The summed E-state index contributed by atoms with van der Waals surface area (Å²) in [5.41, 5.74) is 4.04. The van der Waals surface area contributed by atoms with E-state index in [0.717, 1.165) is 5.82 Å². The van der Waals surface area contributed by atoms with Gasteiger partial charge in [-0.3, -0.25) is 4.79 Å². The maximum atomic E-state index is 13.3. The van der Waals surface area contributed by atoms with Gasteiger partial charge in [0.2, 0.25) is 0 Å². The van der Waals surface area contributed by atoms with Crippen molar-refractivity contribution in [3.05, 3.63) is 113 Å². The summed E-state index contributed by atoms with van der Waals surface area (Å²) < 4.78 is 20.8. The number of aryl methyl sites for hydroxylation is 2. The van der Waals surface area contributed by atoms with Crippen LogP contribution in [0.3, 0.4) is 0 Å². The van der Waals surface area contributed by atoms with E-state index in [1.54, 1.807) is 23.4 Å². The number of amides is 1. The third-order valence-electron chi connectivity index (χ3n) is 5.28. The summed E-state index contributed by atoms with van der Waals surface area (Å²) in [6.07, 6.45) is 5.25. The van der Waals surface area contributed by atoms with Gasteiger partial charge in [-0.1, -0.05) is 23.8 Å². The highest BCUT2D eigenvalue weighted by atomic mass is 19.1. The molecule has 0 spiro atoms. The zero-order chi connectivity index (χ0) is 21.8. The van der Waals surface area contributed by atoms with Crippen molar-refractivity contribution in [2.75, 3.05) is 0 Å². The van der Waals surface area contributed by atoms with E-state index < -0.39 is 0 Å². The predicted molar refractivity (Wildman–Crippen MR) is 116 cm³/mol. The fourth-order valence-electron chi connectivity index (χ4n) is 3.53. The van der Waals surface area contributed by atoms with Crippen molar-refractivity contribution >= 4 is 5.91 Å². The Morgan fingerprint density at radius 2 is 1.90 bits per heavy atom. The molecule has 0 bridgehead atoms. The van der Waals surface area contributed by atoms with Crippen LogP contribution in [0.5, 0.6) is 0 Å². The zero-order valence-corrected chi connectivity index (χ0v) is 17.6. The second-order valence-corrected chi connectivity index (χ2v) is 7.65. The first-order valence-electron chi connectivity index (χ1n) is 10.1. The lowest BCUT2D eigenvalue weighted by atomic mass is 10.1. The first-order valence-corrected chi connectivity index (χ1v) is 10.1. The minimum absolute atomic E-state index is 0.210. The molecule has 6 heteroatoms. The minimum Gasteiger partial charge on any atom is -0.467 e. The summed E-state index contributed by atoms with van der Waals surface area (Å²) in [7, 11) is 0. The molecule has 0 saturated carbocycles. The molecule has 0 unspecified atom stereocenters. The molecule has 0 fully saturated rings. The van der Waals surface area contributed by atoms with Crippen molar-refractivity contribution in [1.82, 2.24) is 14.5 Å². The van der Waals surface area contributed by atoms with Gasteiger partial charge in [0, 0.05) is 24.5 Å². The second-order valence-electron chi connectivity index (χ2n) is 7.65.